The molecule has 0 saturated carbocycles. The first-order valence-electron chi connectivity index (χ1n) is 8.24. The van der Waals surface area contributed by atoms with Crippen LogP contribution in [0.3, 0.4) is 0 Å². The molecule has 2 heteroatoms. The number of benzene rings is 1. The fraction of sp³-hybridized carbons (Fsp3) is 0.667. The molecule has 0 N–H and O–H groups in total. The van der Waals surface area contributed by atoms with E-state index in [4.69, 9.17) is 0 Å². The Kier molecular flexibility index (Phi) is 5.62. The van der Waals surface area contributed by atoms with Crippen molar-refractivity contribution in [2.75, 3.05) is 39.8 Å². The van der Waals surface area contributed by atoms with E-state index in [1.807, 2.05) is 0 Å². The molecular weight excluding hydrogens is 244 g/mol. The number of unbranched alkanes of at least 4 members (excludes halogenated alkanes) is 1. The Bertz CT molecular complexity index is 380. The maximum atomic E-state index is 2.65. The number of rotatable bonds is 6. The van der Waals surface area contributed by atoms with Crippen LogP contribution >= 0.6 is 0 Å². The van der Waals surface area contributed by atoms with Gasteiger partial charge in [-0.05, 0) is 25.5 Å². The van der Waals surface area contributed by atoms with E-state index in [-0.39, 0.29) is 0 Å². The third-order valence-electron chi connectivity index (χ3n) is 5.12. The Hall–Kier alpha value is -0.860. The Morgan fingerprint density at radius 2 is 1.80 bits per heavy atom. The molecule has 0 amide bonds. The molecule has 1 unspecified atom stereocenters. The molecule has 1 fully saturated rings. The second kappa shape index (κ2) is 7.24. The number of nitrogens with zero attached hydrogens (tertiary/aromatic N) is 2. The smallest absolute Gasteiger partial charge is 0.0916 e. The van der Waals surface area contributed by atoms with Gasteiger partial charge >= 0.3 is 0 Å². The third-order valence-corrected chi connectivity index (χ3v) is 5.12. The largest absolute Gasteiger partial charge is 0.321 e. The van der Waals surface area contributed by atoms with Crippen molar-refractivity contribution in [1.82, 2.24) is 4.90 Å². The van der Waals surface area contributed by atoms with Gasteiger partial charge in [0.15, 0.2) is 0 Å². The van der Waals surface area contributed by atoms with Gasteiger partial charge in [-0.3, -0.25) is 4.90 Å². The second-order valence-electron chi connectivity index (χ2n) is 6.66. The summed E-state index contributed by atoms with van der Waals surface area (Å²) in [5.41, 5.74) is 1.48. The molecule has 112 valence electrons. The molecular formula is C18H31N2+. The van der Waals surface area contributed by atoms with Crippen molar-refractivity contribution in [3.63, 3.8) is 0 Å². The van der Waals surface area contributed by atoms with E-state index in [2.05, 4.69) is 56.1 Å². The van der Waals surface area contributed by atoms with Gasteiger partial charge in [0.05, 0.1) is 26.2 Å². The molecule has 1 aromatic rings. The maximum absolute atomic E-state index is 2.65. The summed E-state index contributed by atoms with van der Waals surface area (Å²) in [6.07, 6.45) is 3.86. The molecule has 0 spiro atoms. The first-order chi connectivity index (χ1) is 9.64. The van der Waals surface area contributed by atoms with Crippen LogP contribution in [-0.4, -0.2) is 55.2 Å². The molecule has 1 saturated heterocycles. The van der Waals surface area contributed by atoms with Gasteiger partial charge in [-0.1, -0.05) is 43.7 Å². The summed E-state index contributed by atoms with van der Waals surface area (Å²) in [5, 5.41) is 0. The molecule has 1 aliphatic rings. The number of hydrogen-bond donors (Lipinski definition) is 0. The molecule has 1 aliphatic heterocycles. The number of likely N-dealkylation sites (N-methyl/N-ethyl adjacent to an activating group) is 1. The summed E-state index contributed by atoms with van der Waals surface area (Å²) in [5.74, 6) is 0. The number of quaternary nitrogens is 1. The second-order valence-corrected chi connectivity index (χ2v) is 6.66. The molecule has 0 aromatic heterocycles. The van der Waals surface area contributed by atoms with E-state index in [1.165, 1.54) is 62.0 Å². The minimum absolute atomic E-state index is 0.714. The molecule has 20 heavy (non-hydrogen) atoms. The average molecular weight is 275 g/mol. The Labute approximate surface area is 125 Å². The molecule has 0 bridgehead atoms. The SMILES string of the molecule is CCCCN1CC[N+](C)(C(C)Cc2ccccc2)CC1. The maximum Gasteiger partial charge on any atom is 0.0916 e. The summed E-state index contributed by atoms with van der Waals surface area (Å²) >= 11 is 0. The van der Waals surface area contributed by atoms with E-state index in [0.29, 0.717) is 6.04 Å². The van der Waals surface area contributed by atoms with Gasteiger partial charge in [0.2, 0.25) is 0 Å². The van der Waals surface area contributed by atoms with Gasteiger partial charge in [-0.15, -0.1) is 0 Å². The van der Waals surface area contributed by atoms with Crippen LogP contribution in [0.4, 0.5) is 0 Å². The fourth-order valence-electron chi connectivity index (χ4n) is 3.19. The molecule has 1 heterocycles. The molecule has 1 aromatic carbocycles. The quantitative estimate of drug-likeness (QED) is 0.721. The van der Waals surface area contributed by atoms with Gasteiger partial charge in [0, 0.05) is 19.5 Å². The van der Waals surface area contributed by atoms with Crippen LogP contribution in [0.1, 0.15) is 32.3 Å². The zero-order valence-electron chi connectivity index (χ0n) is 13.5. The van der Waals surface area contributed by atoms with Crippen LogP contribution in [0.15, 0.2) is 30.3 Å². The minimum Gasteiger partial charge on any atom is -0.321 e. The summed E-state index contributed by atoms with van der Waals surface area (Å²) in [6, 6.07) is 11.7. The van der Waals surface area contributed by atoms with Crippen molar-refractivity contribution in [3.8, 4) is 0 Å². The lowest BCUT2D eigenvalue weighted by atomic mass is 10.0. The van der Waals surface area contributed by atoms with Crippen LogP contribution < -0.4 is 0 Å². The lowest BCUT2D eigenvalue weighted by molar-refractivity contribution is -0.935. The minimum atomic E-state index is 0.714. The Morgan fingerprint density at radius 1 is 1.15 bits per heavy atom. The lowest BCUT2D eigenvalue weighted by Gasteiger charge is -2.46. The standard InChI is InChI=1S/C18H31N2/c1-4-5-11-19-12-14-20(3,15-13-19)17(2)16-18-9-7-6-8-10-18/h6-10,17H,4-5,11-16H2,1-3H3/q+1. The zero-order chi connectivity index (χ0) is 14.4. The normalized spacial score (nSPS) is 20.8. The monoisotopic (exact) mass is 275 g/mol. The highest BCUT2D eigenvalue weighted by Gasteiger charge is 2.33. The van der Waals surface area contributed by atoms with Crippen molar-refractivity contribution in [2.45, 2.75) is 39.2 Å². The van der Waals surface area contributed by atoms with Crippen LogP contribution in [-0.2, 0) is 6.42 Å². The average Bonchev–Trinajstić information content (AvgIpc) is 2.48. The Morgan fingerprint density at radius 3 is 2.40 bits per heavy atom. The van der Waals surface area contributed by atoms with Gasteiger partial charge in [-0.2, -0.15) is 0 Å². The van der Waals surface area contributed by atoms with Crippen molar-refractivity contribution in [1.29, 1.82) is 0 Å². The highest BCUT2D eigenvalue weighted by molar-refractivity contribution is 5.15. The molecule has 2 rings (SSSR count). The summed E-state index contributed by atoms with van der Waals surface area (Å²) in [4.78, 5) is 2.65. The first-order valence-corrected chi connectivity index (χ1v) is 8.24. The third kappa shape index (κ3) is 4.07. The van der Waals surface area contributed by atoms with Gasteiger partial charge < -0.3 is 4.48 Å². The number of hydrogen-bond acceptors (Lipinski definition) is 1. The highest BCUT2D eigenvalue weighted by Crippen LogP contribution is 2.19. The topological polar surface area (TPSA) is 3.24 Å². The van der Waals surface area contributed by atoms with Crippen molar-refractivity contribution in [3.05, 3.63) is 35.9 Å². The molecule has 0 radical (unpaired) electrons. The predicted molar refractivity (Wildman–Crippen MR) is 86.9 cm³/mol. The van der Waals surface area contributed by atoms with E-state index in [9.17, 15) is 0 Å². The lowest BCUT2D eigenvalue weighted by Crippen LogP contribution is -2.61. The van der Waals surface area contributed by atoms with E-state index >= 15 is 0 Å². The Balaban J connectivity index is 1.85. The fourth-order valence-corrected chi connectivity index (χ4v) is 3.19. The van der Waals surface area contributed by atoms with Gasteiger partial charge in [0.25, 0.3) is 0 Å². The van der Waals surface area contributed by atoms with Crippen LogP contribution in [0.5, 0.6) is 0 Å². The zero-order valence-corrected chi connectivity index (χ0v) is 13.5. The predicted octanol–water partition coefficient (Wildman–Crippen LogP) is 3.18. The molecule has 0 aliphatic carbocycles. The molecule has 2 nitrogen and oxygen atoms in total. The summed E-state index contributed by atoms with van der Waals surface area (Å²) < 4.78 is 1.23. The van der Waals surface area contributed by atoms with Gasteiger partial charge in [0.1, 0.15) is 0 Å². The van der Waals surface area contributed by atoms with Crippen molar-refractivity contribution in [2.24, 2.45) is 0 Å². The molecule has 1 atom stereocenters. The van der Waals surface area contributed by atoms with Crippen LogP contribution in [0.2, 0.25) is 0 Å². The van der Waals surface area contributed by atoms with Crippen LogP contribution in [0.25, 0.3) is 0 Å². The summed E-state index contributed by atoms with van der Waals surface area (Å²) in [6.45, 7) is 11.2. The number of piperazine rings is 1. The first kappa shape index (κ1) is 15.5. The summed E-state index contributed by atoms with van der Waals surface area (Å²) in [7, 11) is 2.45. The highest BCUT2D eigenvalue weighted by atomic mass is 15.4. The van der Waals surface area contributed by atoms with Crippen molar-refractivity contribution >= 4 is 0 Å². The van der Waals surface area contributed by atoms with Crippen molar-refractivity contribution < 1.29 is 4.48 Å². The van der Waals surface area contributed by atoms with E-state index in [1.54, 1.807) is 0 Å². The van der Waals surface area contributed by atoms with E-state index in [0.717, 1.165) is 0 Å². The van der Waals surface area contributed by atoms with Gasteiger partial charge in [-0.25, -0.2) is 0 Å². The van der Waals surface area contributed by atoms with E-state index < -0.39 is 0 Å². The van der Waals surface area contributed by atoms with Crippen LogP contribution in [0, 0.1) is 0 Å².